The lowest BCUT2D eigenvalue weighted by Gasteiger charge is -2.11. The Balaban J connectivity index is 2.30. The molecule has 0 aliphatic rings. The molecule has 0 aliphatic carbocycles. The summed E-state index contributed by atoms with van der Waals surface area (Å²) in [6, 6.07) is 6.31. The maximum absolute atomic E-state index is 12.6. The SMILES string of the molecule is Cc1ccc(C(F)(F)F)cc1C(=O)Nc1cccnc1. The summed E-state index contributed by atoms with van der Waals surface area (Å²) in [5.41, 5.74) is 0.0387. The van der Waals surface area contributed by atoms with Crippen molar-refractivity contribution in [3.63, 3.8) is 0 Å². The highest BCUT2D eigenvalue weighted by atomic mass is 19.4. The molecule has 1 aromatic heterocycles. The van der Waals surface area contributed by atoms with Gasteiger partial charge in [0.1, 0.15) is 0 Å². The highest BCUT2D eigenvalue weighted by Crippen LogP contribution is 2.30. The monoisotopic (exact) mass is 280 g/mol. The van der Waals surface area contributed by atoms with Crippen LogP contribution in [0.15, 0.2) is 42.7 Å². The van der Waals surface area contributed by atoms with E-state index in [1.165, 1.54) is 18.5 Å². The summed E-state index contributed by atoms with van der Waals surface area (Å²) in [6.07, 6.45) is -1.52. The Morgan fingerprint density at radius 2 is 2.00 bits per heavy atom. The fourth-order valence-corrected chi connectivity index (χ4v) is 1.68. The number of aryl methyl sites for hydroxylation is 1. The Kier molecular flexibility index (Phi) is 3.74. The van der Waals surface area contributed by atoms with Crippen molar-refractivity contribution in [1.82, 2.24) is 4.98 Å². The van der Waals surface area contributed by atoms with E-state index in [9.17, 15) is 18.0 Å². The number of anilines is 1. The van der Waals surface area contributed by atoms with E-state index in [2.05, 4.69) is 10.3 Å². The lowest BCUT2D eigenvalue weighted by Crippen LogP contribution is -2.15. The summed E-state index contributed by atoms with van der Waals surface area (Å²) >= 11 is 0. The van der Waals surface area contributed by atoms with E-state index in [4.69, 9.17) is 0 Å². The molecule has 0 aliphatic heterocycles. The second-order valence-corrected chi connectivity index (χ2v) is 4.22. The first-order valence-corrected chi connectivity index (χ1v) is 5.77. The third kappa shape index (κ3) is 3.14. The molecule has 2 rings (SSSR count). The molecule has 1 amide bonds. The normalized spacial score (nSPS) is 11.2. The number of benzene rings is 1. The number of nitrogens with zero attached hydrogens (tertiary/aromatic N) is 1. The number of hydrogen-bond donors (Lipinski definition) is 1. The third-order valence-electron chi connectivity index (χ3n) is 2.73. The molecule has 0 fully saturated rings. The van der Waals surface area contributed by atoms with Crippen LogP contribution < -0.4 is 5.32 Å². The minimum absolute atomic E-state index is 0.0105. The largest absolute Gasteiger partial charge is 0.416 e. The molecule has 0 radical (unpaired) electrons. The van der Waals surface area contributed by atoms with Crippen LogP contribution in [0.25, 0.3) is 0 Å². The van der Waals surface area contributed by atoms with Gasteiger partial charge in [0.05, 0.1) is 17.4 Å². The van der Waals surface area contributed by atoms with E-state index >= 15 is 0 Å². The predicted octanol–water partition coefficient (Wildman–Crippen LogP) is 3.66. The van der Waals surface area contributed by atoms with E-state index in [0.29, 0.717) is 11.3 Å². The predicted molar refractivity (Wildman–Crippen MR) is 68.4 cm³/mol. The number of carbonyl (C=O) groups excluding carboxylic acids is 1. The van der Waals surface area contributed by atoms with Crippen LogP contribution in [0.4, 0.5) is 18.9 Å². The van der Waals surface area contributed by atoms with Gasteiger partial charge in [-0.2, -0.15) is 13.2 Å². The Hall–Kier alpha value is -2.37. The van der Waals surface area contributed by atoms with Gasteiger partial charge >= 0.3 is 6.18 Å². The quantitative estimate of drug-likeness (QED) is 0.912. The lowest BCUT2D eigenvalue weighted by atomic mass is 10.0. The second kappa shape index (κ2) is 5.32. The molecule has 0 spiro atoms. The number of rotatable bonds is 2. The average molecular weight is 280 g/mol. The first-order chi connectivity index (χ1) is 9.38. The minimum Gasteiger partial charge on any atom is -0.321 e. The summed E-state index contributed by atoms with van der Waals surface area (Å²) in [7, 11) is 0. The number of nitrogens with one attached hydrogen (secondary N) is 1. The zero-order valence-electron chi connectivity index (χ0n) is 10.5. The maximum Gasteiger partial charge on any atom is 0.416 e. The molecule has 20 heavy (non-hydrogen) atoms. The Morgan fingerprint density at radius 3 is 2.60 bits per heavy atom. The topological polar surface area (TPSA) is 42.0 Å². The first-order valence-electron chi connectivity index (χ1n) is 5.77. The zero-order chi connectivity index (χ0) is 14.8. The van der Waals surface area contributed by atoms with Gasteiger partial charge in [-0.15, -0.1) is 0 Å². The first kappa shape index (κ1) is 14.0. The molecule has 1 aromatic carbocycles. The number of carbonyl (C=O) groups is 1. The molecular weight excluding hydrogens is 269 g/mol. The summed E-state index contributed by atoms with van der Waals surface area (Å²) < 4.78 is 37.9. The Bertz CT molecular complexity index is 624. The van der Waals surface area contributed by atoms with Crippen LogP contribution in [0, 0.1) is 6.92 Å². The van der Waals surface area contributed by atoms with Gasteiger partial charge in [-0.1, -0.05) is 6.07 Å². The Morgan fingerprint density at radius 1 is 1.25 bits per heavy atom. The third-order valence-corrected chi connectivity index (χ3v) is 2.73. The van der Waals surface area contributed by atoms with Gasteiger partial charge in [0, 0.05) is 11.8 Å². The second-order valence-electron chi connectivity index (χ2n) is 4.22. The van der Waals surface area contributed by atoms with Crippen LogP contribution in [0.3, 0.4) is 0 Å². The van der Waals surface area contributed by atoms with Crippen molar-refractivity contribution in [1.29, 1.82) is 0 Å². The van der Waals surface area contributed by atoms with Crippen LogP contribution in [0.2, 0.25) is 0 Å². The van der Waals surface area contributed by atoms with Crippen LogP contribution in [-0.2, 0) is 6.18 Å². The van der Waals surface area contributed by atoms with Crippen molar-refractivity contribution in [3.05, 3.63) is 59.4 Å². The van der Waals surface area contributed by atoms with Crippen molar-refractivity contribution >= 4 is 11.6 Å². The van der Waals surface area contributed by atoms with Gasteiger partial charge in [0.2, 0.25) is 0 Å². The molecule has 1 N–H and O–H groups in total. The van der Waals surface area contributed by atoms with Crippen LogP contribution >= 0.6 is 0 Å². The number of aromatic nitrogens is 1. The highest BCUT2D eigenvalue weighted by Gasteiger charge is 2.31. The van der Waals surface area contributed by atoms with E-state index in [1.54, 1.807) is 19.1 Å². The van der Waals surface area contributed by atoms with Crippen molar-refractivity contribution < 1.29 is 18.0 Å². The number of hydrogen-bond acceptors (Lipinski definition) is 2. The molecule has 0 bridgehead atoms. The summed E-state index contributed by atoms with van der Waals surface area (Å²) in [5.74, 6) is -0.596. The fraction of sp³-hybridized carbons (Fsp3) is 0.143. The summed E-state index contributed by atoms with van der Waals surface area (Å²) in [5, 5.41) is 2.51. The average Bonchev–Trinajstić information content (AvgIpc) is 2.39. The Labute approximate surface area is 113 Å². The molecule has 104 valence electrons. The lowest BCUT2D eigenvalue weighted by molar-refractivity contribution is -0.137. The molecule has 0 unspecified atom stereocenters. The number of alkyl halides is 3. The van der Waals surface area contributed by atoms with Gasteiger partial charge in [-0.25, -0.2) is 0 Å². The number of pyridine rings is 1. The molecule has 6 heteroatoms. The maximum atomic E-state index is 12.6. The van der Waals surface area contributed by atoms with Crippen molar-refractivity contribution in [2.45, 2.75) is 13.1 Å². The smallest absolute Gasteiger partial charge is 0.321 e. The van der Waals surface area contributed by atoms with Crippen molar-refractivity contribution in [2.75, 3.05) is 5.32 Å². The van der Waals surface area contributed by atoms with Crippen LogP contribution in [0.5, 0.6) is 0 Å². The number of amides is 1. The van der Waals surface area contributed by atoms with E-state index in [-0.39, 0.29) is 5.56 Å². The molecular formula is C14H11F3N2O. The van der Waals surface area contributed by atoms with E-state index in [1.807, 2.05) is 0 Å². The zero-order valence-corrected chi connectivity index (χ0v) is 10.5. The van der Waals surface area contributed by atoms with E-state index in [0.717, 1.165) is 12.1 Å². The summed E-state index contributed by atoms with van der Waals surface area (Å²) in [6.45, 7) is 1.58. The van der Waals surface area contributed by atoms with Crippen LogP contribution in [0.1, 0.15) is 21.5 Å². The molecule has 1 heterocycles. The molecule has 3 nitrogen and oxygen atoms in total. The fourth-order valence-electron chi connectivity index (χ4n) is 1.68. The van der Waals surface area contributed by atoms with Gasteiger partial charge in [-0.3, -0.25) is 9.78 Å². The van der Waals surface area contributed by atoms with Gasteiger partial charge in [-0.05, 0) is 36.8 Å². The van der Waals surface area contributed by atoms with E-state index < -0.39 is 17.6 Å². The van der Waals surface area contributed by atoms with Gasteiger partial charge < -0.3 is 5.32 Å². The number of halogens is 3. The molecule has 0 saturated heterocycles. The molecule has 0 atom stereocenters. The van der Waals surface area contributed by atoms with Gasteiger partial charge in [0.25, 0.3) is 5.91 Å². The van der Waals surface area contributed by atoms with Crippen molar-refractivity contribution in [2.24, 2.45) is 0 Å². The molecule has 2 aromatic rings. The van der Waals surface area contributed by atoms with Crippen molar-refractivity contribution in [3.8, 4) is 0 Å². The van der Waals surface area contributed by atoms with Gasteiger partial charge in [0.15, 0.2) is 0 Å². The standard InChI is InChI=1S/C14H11F3N2O/c1-9-4-5-10(14(15,16)17)7-12(9)13(20)19-11-3-2-6-18-8-11/h2-8H,1H3,(H,19,20). The minimum atomic E-state index is -4.48. The highest BCUT2D eigenvalue weighted by molar-refractivity contribution is 6.05. The molecule has 0 saturated carbocycles. The summed E-state index contributed by atoms with van der Waals surface area (Å²) in [4.78, 5) is 15.8. The van der Waals surface area contributed by atoms with Crippen LogP contribution in [-0.4, -0.2) is 10.9 Å².